The minimum atomic E-state index is -0.323. The van der Waals surface area contributed by atoms with Gasteiger partial charge in [0.25, 0.3) is 11.8 Å². The highest BCUT2D eigenvalue weighted by Crippen LogP contribution is 2.26. The van der Waals surface area contributed by atoms with Gasteiger partial charge in [-0.3, -0.25) is 24.3 Å². The third kappa shape index (κ3) is 4.84. The molecule has 0 spiro atoms. The molecule has 1 aromatic heterocycles. The van der Waals surface area contributed by atoms with Gasteiger partial charge in [0.05, 0.1) is 17.7 Å². The summed E-state index contributed by atoms with van der Waals surface area (Å²) in [6.07, 6.45) is 2.00. The molecular formula is C21H21BrN2O4. The first-order chi connectivity index (χ1) is 13.5. The van der Waals surface area contributed by atoms with Gasteiger partial charge in [-0.2, -0.15) is 0 Å². The molecule has 0 saturated carbocycles. The van der Waals surface area contributed by atoms with Crippen LogP contribution in [0, 0.1) is 6.92 Å². The molecule has 7 heteroatoms. The first kappa shape index (κ1) is 20.2. The summed E-state index contributed by atoms with van der Waals surface area (Å²) in [4.78, 5) is 42.2. The smallest absolute Gasteiger partial charge is 0.305 e. The van der Waals surface area contributed by atoms with Crippen LogP contribution in [0.2, 0.25) is 0 Å². The van der Waals surface area contributed by atoms with Gasteiger partial charge in [-0.25, -0.2) is 0 Å². The number of amides is 2. The number of halogens is 1. The van der Waals surface area contributed by atoms with Crippen LogP contribution in [0.25, 0.3) is 0 Å². The van der Waals surface area contributed by atoms with E-state index in [1.54, 1.807) is 18.2 Å². The molecule has 3 rings (SSSR count). The Labute approximate surface area is 172 Å². The van der Waals surface area contributed by atoms with Crippen molar-refractivity contribution < 1.29 is 19.1 Å². The van der Waals surface area contributed by atoms with E-state index in [1.807, 2.05) is 25.1 Å². The molecule has 0 N–H and O–H groups in total. The number of carbonyl (C=O) groups excluding carboxylic acids is 3. The summed E-state index contributed by atoms with van der Waals surface area (Å²) < 4.78 is 5.98. The van der Waals surface area contributed by atoms with Gasteiger partial charge < -0.3 is 4.74 Å². The van der Waals surface area contributed by atoms with Crippen LogP contribution in [0.1, 0.15) is 51.4 Å². The van der Waals surface area contributed by atoms with Crippen molar-refractivity contribution in [3.8, 4) is 0 Å². The van der Waals surface area contributed by atoms with Gasteiger partial charge in [-0.15, -0.1) is 0 Å². The summed E-state index contributed by atoms with van der Waals surface area (Å²) in [6.45, 7) is 2.47. The summed E-state index contributed by atoms with van der Waals surface area (Å²) in [7, 11) is 0. The van der Waals surface area contributed by atoms with E-state index in [0.29, 0.717) is 30.6 Å². The van der Waals surface area contributed by atoms with Crippen LogP contribution in [0.15, 0.2) is 40.9 Å². The molecule has 1 aliphatic rings. The number of hydrogen-bond acceptors (Lipinski definition) is 5. The zero-order valence-corrected chi connectivity index (χ0v) is 17.2. The van der Waals surface area contributed by atoms with Crippen molar-refractivity contribution in [2.24, 2.45) is 0 Å². The van der Waals surface area contributed by atoms with E-state index in [1.165, 1.54) is 4.90 Å². The predicted molar refractivity (Wildman–Crippen MR) is 107 cm³/mol. The molecule has 1 aliphatic heterocycles. The Balaban J connectivity index is 1.38. The second kappa shape index (κ2) is 9.10. The Morgan fingerprint density at radius 2 is 1.89 bits per heavy atom. The van der Waals surface area contributed by atoms with Crippen LogP contribution in [0.4, 0.5) is 0 Å². The molecule has 2 aromatic rings. The monoisotopic (exact) mass is 444 g/mol. The fourth-order valence-electron chi connectivity index (χ4n) is 3.10. The van der Waals surface area contributed by atoms with E-state index >= 15 is 0 Å². The van der Waals surface area contributed by atoms with Crippen molar-refractivity contribution in [1.82, 2.24) is 9.88 Å². The van der Waals surface area contributed by atoms with Crippen molar-refractivity contribution in [3.05, 3.63) is 63.4 Å². The number of hydrogen-bond donors (Lipinski definition) is 0. The maximum atomic E-state index is 12.4. The summed E-state index contributed by atoms with van der Waals surface area (Å²) in [6, 6.07) is 10.9. The number of pyridine rings is 1. The van der Waals surface area contributed by atoms with Crippen LogP contribution in [0.5, 0.6) is 0 Å². The summed E-state index contributed by atoms with van der Waals surface area (Å²) in [5.74, 6) is -0.955. The number of rotatable bonds is 8. The van der Waals surface area contributed by atoms with Crippen molar-refractivity contribution in [2.45, 2.75) is 32.6 Å². The van der Waals surface area contributed by atoms with E-state index in [4.69, 9.17) is 4.74 Å². The lowest BCUT2D eigenvalue weighted by molar-refractivity contribution is -0.143. The van der Waals surface area contributed by atoms with E-state index in [9.17, 15) is 14.4 Å². The highest BCUT2D eigenvalue weighted by molar-refractivity contribution is 9.10. The van der Waals surface area contributed by atoms with Crippen molar-refractivity contribution in [1.29, 1.82) is 0 Å². The molecule has 0 aliphatic carbocycles. The highest BCUT2D eigenvalue weighted by atomic mass is 79.9. The number of aryl methyl sites for hydroxylation is 2. The average molecular weight is 445 g/mol. The quantitative estimate of drug-likeness (QED) is 0.352. The summed E-state index contributed by atoms with van der Waals surface area (Å²) in [5.41, 5.74) is 2.75. The Morgan fingerprint density at radius 3 is 2.68 bits per heavy atom. The van der Waals surface area contributed by atoms with E-state index in [0.717, 1.165) is 22.3 Å². The summed E-state index contributed by atoms with van der Waals surface area (Å²) in [5, 5.41) is 0. The molecule has 6 nitrogen and oxygen atoms in total. The van der Waals surface area contributed by atoms with Crippen LogP contribution in [-0.4, -0.2) is 40.8 Å². The minimum Gasteiger partial charge on any atom is -0.466 e. The Hall–Kier alpha value is -2.54. The molecule has 2 amide bonds. The van der Waals surface area contributed by atoms with Gasteiger partial charge in [0, 0.05) is 28.8 Å². The van der Waals surface area contributed by atoms with E-state index < -0.39 is 0 Å². The lowest BCUT2D eigenvalue weighted by Gasteiger charge is -2.13. The van der Waals surface area contributed by atoms with Crippen LogP contribution in [-0.2, 0) is 16.0 Å². The van der Waals surface area contributed by atoms with Crippen molar-refractivity contribution in [3.63, 3.8) is 0 Å². The van der Waals surface area contributed by atoms with Gasteiger partial charge in [0.1, 0.15) is 0 Å². The number of fused-ring (bicyclic) bond motifs is 1. The lowest BCUT2D eigenvalue weighted by atomic mass is 10.1. The maximum Gasteiger partial charge on any atom is 0.305 e. The molecule has 0 bridgehead atoms. The molecule has 146 valence electrons. The van der Waals surface area contributed by atoms with Gasteiger partial charge in [0.2, 0.25) is 0 Å². The van der Waals surface area contributed by atoms with E-state index in [2.05, 4.69) is 20.9 Å². The van der Waals surface area contributed by atoms with Crippen LogP contribution >= 0.6 is 15.9 Å². The topological polar surface area (TPSA) is 76.6 Å². The molecule has 2 heterocycles. The maximum absolute atomic E-state index is 12.4. The SMILES string of the molecule is Cc1cccc(CCCOC(=O)CCCN2C(=O)c3ccc(Br)cc3C2=O)n1. The molecule has 1 aromatic carbocycles. The van der Waals surface area contributed by atoms with Gasteiger partial charge >= 0.3 is 5.97 Å². The largest absolute Gasteiger partial charge is 0.466 e. The van der Waals surface area contributed by atoms with Crippen LogP contribution < -0.4 is 0 Å². The van der Waals surface area contributed by atoms with Gasteiger partial charge in [-0.1, -0.05) is 22.0 Å². The molecule has 28 heavy (non-hydrogen) atoms. The highest BCUT2D eigenvalue weighted by Gasteiger charge is 2.35. The Morgan fingerprint density at radius 1 is 1.11 bits per heavy atom. The molecule has 0 saturated heterocycles. The number of imide groups is 1. The third-order valence-electron chi connectivity index (χ3n) is 4.48. The fraction of sp³-hybridized carbons (Fsp3) is 0.333. The standard InChI is InChI=1S/C21H21BrN2O4/c1-14-5-2-6-16(23-14)7-4-12-28-19(25)8-3-11-24-20(26)17-10-9-15(22)13-18(17)21(24)27/h2,5-6,9-10,13H,3-4,7-8,11-12H2,1H3. The third-order valence-corrected chi connectivity index (χ3v) is 4.97. The predicted octanol–water partition coefficient (Wildman–Crippen LogP) is 3.70. The second-order valence-corrected chi connectivity index (χ2v) is 7.57. The Bertz CT molecular complexity index is 913. The number of benzene rings is 1. The van der Waals surface area contributed by atoms with E-state index in [-0.39, 0.29) is 30.7 Å². The molecule has 0 fully saturated rings. The van der Waals surface area contributed by atoms with Crippen molar-refractivity contribution >= 4 is 33.7 Å². The van der Waals surface area contributed by atoms with Crippen LogP contribution in [0.3, 0.4) is 0 Å². The first-order valence-corrected chi connectivity index (χ1v) is 9.99. The fourth-order valence-corrected chi connectivity index (χ4v) is 3.46. The van der Waals surface area contributed by atoms with Gasteiger partial charge in [-0.05, 0) is 56.5 Å². The zero-order chi connectivity index (χ0) is 20.1. The lowest BCUT2D eigenvalue weighted by Crippen LogP contribution is -2.31. The molecule has 0 unspecified atom stereocenters. The number of nitrogens with zero attached hydrogens (tertiary/aromatic N) is 2. The molecule has 0 radical (unpaired) electrons. The van der Waals surface area contributed by atoms with Gasteiger partial charge in [0.15, 0.2) is 0 Å². The Kier molecular flexibility index (Phi) is 6.57. The number of ether oxygens (including phenoxy) is 1. The minimum absolute atomic E-state index is 0.166. The number of aromatic nitrogens is 1. The second-order valence-electron chi connectivity index (χ2n) is 6.65. The first-order valence-electron chi connectivity index (χ1n) is 9.19. The number of carbonyl (C=O) groups is 3. The average Bonchev–Trinajstić information content (AvgIpc) is 2.89. The summed E-state index contributed by atoms with van der Waals surface area (Å²) >= 11 is 3.31. The van der Waals surface area contributed by atoms with Crippen molar-refractivity contribution in [2.75, 3.05) is 13.2 Å². The zero-order valence-electron chi connectivity index (χ0n) is 15.6. The molecule has 0 atom stereocenters. The molecular weight excluding hydrogens is 424 g/mol. The normalized spacial score (nSPS) is 13.0. The number of esters is 1.